The van der Waals surface area contributed by atoms with Crippen molar-refractivity contribution in [1.82, 2.24) is 9.80 Å². The maximum atomic E-state index is 13.0. The Labute approximate surface area is 204 Å². The summed E-state index contributed by atoms with van der Waals surface area (Å²) in [4.78, 5) is 20.2. The Hall–Kier alpha value is -2.53. The molecule has 3 aliphatic rings. The highest BCUT2D eigenvalue weighted by atomic mass is 16.5. The molecule has 2 fully saturated rings. The van der Waals surface area contributed by atoms with Crippen LogP contribution >= 0.6 is 0 Å². The number of nitrogens with zero attached hydrogens (tertiary/aromatic N) is 3. The molecule has 2 heterocycles. The molecular formula is C29H39N3O2. The van der Waals surface area contributed by atoms with E-state index in [4.69, 9.17) is 4.74 Å². The fraction of sp³-hybridized carbons (Fsp3) is 0.552. The van der Waals surface area contributed by atoms with Crippen LogP contribution in [0, 0.1) is 0 Å². The second-order valence-electron chi connectivity index (χ2n) is 10.4. The average Bonchev–Trinajstić information content (AvgIpc) is 3.31. The number of rotatable bonds is 5. The van der Waals surface area contributed by atoms with E-state index in [9.17, 15) is 4.79 Å². The van der Waals surface area contributed by atoms with Crippen molar-refractivity contribution in [2.45, 2.75) is 64.5 Å². The van der Waals surface area contributed by atoms with E-state index in [0.29, 0.717) is 0 Å². The maximum absolute atomic E-state index is 13.0. The molecule has 2 aromatic carbocycles. The molecule has 2 aromatic rings. The molecule has 1 saturated carbocycles. The Morgan fingerprint density at radius 3 is 2.21 bits per heavy atom. The van der Waals surface area contributed by atoms with Gasteiger partial charge in [0.1, 0.15) is 5.75 Å². The maximum Gasteiger partial charge on any atom is 0.253 e. The van der Waals surface area contributed by atoms with Gasteiger partial charge in [-0.05, 0) is 87.1 Å². The lowest BCUT2D eigenvalue weighted by molar-refractivity contribution is 0.0746. The van der Waals surface area contributed by atoms with Crippen LogP contribution in [0.1, 0.15) is 61.0 Å². The number of amides is 1. The van der Waals surface area contributed by atoms with Crippen molar-refractivity contribution in [2.75, 3.05) is 44.2 Å². The first-order chi connectivity index (χ1) is 16.6. The zero-order valence-electron chi connectivity index (χ0n) is 20.8. The third-order valence-corrected chi connectivity index (χ3v) is 7.77. The van der Waals surface area contributed by atoms with Crippen LogP contribution in [-0.2, 0) is 12.8 Å². The minimum atomic E-state index is 0.115. The van der Waals surface area contributed by atoms with Gasteiger partial charge in [0.25, 0.3) is 5.91 Å². The SMILES string of the molecule is CC(C)Oc1ccc(C(=O)N2CCN(c3ccc4c(c3)CCN(C3CCCC3)CC4)CC2)cc1. The van der Waals surface area contributed by atoms with Gasteiger partial charge in [0.2, 0.25) is 0 Å². The summed E-state index contributed by atoms with van der Waals surface area (Å²) in [6.07, 6.45) is 8.06. The summed E-state index contributed by atoms with van der Waals surface area (Å²) in [6.45, 7) is 9.71. The van der Waals surface area contributed by atoms with Crippen molar-refractivity contribution >= 4 is 11.6 Å². The Bertz CT molecular complexity index is 973. The van der Waals surface area contributed by atoms with Crippen LogP contribution in [0.25, 0.3) is 0 Å². The molecule has 1 amide bonds. The van der Waals surface area contributed by atoms with E-state index in [2.05, 4.69) is 28.0 Å². The molecule has 0 atom stereocenters. The molecule has 0 unspecified atom stereocenters. The number of carbonyl (C=O) groups excluding carboxylic acids is 1. The van der Waals surface area contributed by atoms with E-state index in [1.54, 1.807) is 0 Å². The predicted molar refractivity (Wildman–Crippen MR) is 138 cm³/mol. The highest BCUT2D eigenvalue weighted by Gasteiger charge is 2.26. The van der Waals surface area contributed by atoms with E-state index < -0.39 is 0 Å². The number of hydrogen-bond donors (Lipinski definition) is 0. The van der Waals surface area contributed by atoms with Crippen LogP contribution in [-0.4, -0.2) is 67.1 Å². The van der Waals surface area contributed by atoms with Crippen LogP contribution in [0.15, 0.2) is 42.5 Å². The summed E-state index contributed by atoms with van der Waals surface area (Å²) in [5, 5.41) is 0. The zero-order chi connectivity index (χ0) is 23.5. The fourth-order valence-electron chi connectivity index (χ4n) is 5.86. The average molecular weight is 462 g/mol. The Morgan fingerprint density at radius 2 is 1.53 bits per heavy atom. The lowest BCUT2D eigenvalue weighted by Crippen LogP contribution is -2.48. The Kier molecular flexibility index (Phi) is 7.10. The zero-order valence-corrected chi connectivity index (χ0v) is 20.8. The molecule has 1 saturated heterocycles. The molecule has 0 aromatic heterocycles. The number of carbonyl (C=O) groups is 1. The molecule has 0 spiro atoms. The monoisotopic (exact) mass is 461 g/mol. The van der Waals surface area contributed by atoms with Gasteiger partial charge in [0.05, 0.1) is 6.10 Å². The molecule has 5 rings (SSSR count). The first kappa shape index (κ1) is 23.2. The smallest absolute Gasteiger partial charge is 0.253 e. The van der Waals surface area contributed by atoms with Gasteiger partial charge in [-0.25, -0.2) is 0 Å². The first-order valence-electron chi connectivity index (χ1n) is 13.2. The van der Waals surface area contributed by atoms with E-state index in [1.807, 2.05) is 43.0 Å². The van der Waals surface area contributed by atoms with Crippen LogP contribution in [0.5, 0.6) is 5.75 Å². The minimum absolute atomic E-state index is 0.115. The van der Waals surface area contributed by atoms with Crippen LogP contribution < -0.4 is 9.64 Å². The topological polar surface area (TPSA) is 36.0 Å². The summed E-state index contributed by atoms with van der Waals surface area (Å²) in [7, 11) is 0. The molecule has 182 valence electrons. The van der Waals surface area contributed by atoms with E-state index >= 15 is 0 Å². The Morgan fingerprint density at radius 1 is 0.853 bits per heavy atom. The van der Waals surface area contributed by atoms with Crippen LogP contribution in [0.2, 0.25) is 0 Å². The van der Waals surface area contributed by atoms with Gasteiger partial charge in [-0.15, -0.1) is 0 Å². The van der Waals surface area contributed by atoms with Crippen molar-refractivity contribution in [3.05, 3.63) is 59.2 Å². The molecule has 1 aliphatic carbocycles. The third kappa shape index (κ3) is 5.25. The van der Waals surface area contributed by atoms with Crippen molar-refractivity contribution in [3.8, 4) is 5.75 Å². The van der Waals surface area contributed by atoms with Gasteiger partial charge < -0.3 is 14.5 Å². The lowest BCUT2D eigenvalue weighted by atomic mass is 10.0. The number of fused-ring (bicyclic) bond motifs is 1. The number of ether oxygens (including phenoxy) is 1. The van der Waals surface area contributed by atoms with E-state index in [1.165, 1.54) is 62.0 Å². The van der Waals surface area contributed by atoms with Crippen molar-refractivity contribution in [1.29, 1.82) is 0 Å². The minimum Gasteiger partial charge on any atom is -0.491 e. The van der Waals surface area contributed by atoms with Gasteiger partial charge >= 0.3 is 0 Å². The fourth-order valence-corrected chi connectivity index (χ4v) is 5.86. The molecule has 0 N–H and O–H groups in total. The number of benzene rings is 2. The second kappa shape index (κ2) is 10.4. The highest BCUT2D eigenvalue weighted by Crippen LogP contribution is 2.28. The summed E-state index contributed by atoms with van der Waals surface area (Å²) in [5.74, 6) is 0.927. The summed E-state index contributed by atoms with van der Waals surface area (Å²) in [5.41, 5.74) is 5.11. The normalized spacial score (nSPS) is 19.9. The number of hydrogen-bond acceptors (Lipinski definition) is 4. The third-order valence-electron chi connectivity index (χ3n) is 7.77. The van der Waals surface area contributed by atoms with Gasteiger partial charge in [0.15, 0.2) is 0 Å². The largest absolute Gasteiger partial charge is 0.491 e. The molecule has 0 radical (unpaired) electrons. The lowest BCUT2D eigenvalue weighted by Gasteiger charge is -2.36. The van der Waals surface area contributed by atoms with Gasteiger partial charge in [-0.3, -0.25) is 9.69 Å². The van der Waals surface area contributed by atoms with Gasteiger partial charge in [-0.1, -0.05) is 18.9 Å². The van der Waals surface area contributed by atoms with Crippen molar-refractivity contribution in [2.24, 2.45) is 0 Å². The van der Waals surface area contributed by atoms with Gasteiger partial charge in [0, 0.05) is 56.6 Å². The number of anilines is 1. The van der Waals surface area contributed by atoms with Crippen LogP contribution in [0.4, 0.5) is 5.69 Å². The molecule has 5 nitrogen and oxygen atoms in total. The first-order valence-corrected chi connectivity index (χ1v) is 13.2. The summed E-state index contributed by atoms with van der Waals surface area (Å²) in [6, 6.07) is 15.5. The predicted octanol–water partition coefficient (Wildman–Crippen LogP) is 4.78. The second-order valence-corrected chi connectivity index (χ2v) is 10.4. The number of piperazine rings is 1. The van der Waals surface area contributed by atoms with Crippen molar-refractivity contribution < 1.29 is 9.53 Å². The summed E-state index contributed by atoms with van der Waals surface area (Å²) >= 11 is 0. The summed E-state index contributed by atoms with van der Waals surface area (Å²) < 4.78 is 5.70. The van der Waals surface area contributed by atoms with Crippen molar-refractivity contribution in [3.63, 3.8) is 0 Å². The molecular weight excluding hydrogens is 422 g/mol. The molecule has 5 heteroatoms. The van der Waals surface area contributed by atoms with Crippen LogP contribution in [0.3, 0.4) is 0 Å². The van der Waals surface area contributed by atoms with E-state index in [0.717, 1.165) is 50.0 Å². The van der Waals surface area contributed by atoms with Gasteiger partial charge in [-0.2, -0.15) is 0 Å². The molecule has 0 bridgehead atoms. The Balaban J connectivity index is 1.17. The highest BCUT2D eigenvalue weighted by molar-refractivity contribution is 5.94. The molecule has 2 aliphatic heterocycles. The standard InChI is InChI=1S/C29H39N3O2/c1-22(2)34-28-11-8-24(9-12-28)29(33)32-19-17-31(18-20-32)27-10-7-23-13-15-30(16-14-25(23)21-27)26-5-3-4-6-26/h7-12,21-22,26H,3-6,13-20H2,1-2H3. The molecule has 34 heavy (non-hydrogen) atoms. The van der Waals surface area contributed by atoms with E-state index in [-0.39, 0.29) is 12.0 Å². The quantitative estimate of drug-likeness (QED) is 0.642.